The number of aromatic nitrogens is 2. The predicted molar refractivity (Wildman–Crippen MR) is 123 cm³/mol. The van der Waals surface area contributed by atoms with Gasteiger partial charge in [-0.25, -0.2) is 4.79 Å². The molecule has 1 unspecified atom stereocenters. The SMILES string of the molecule is COc1ccc(-c2nnc(NC(=O)C(NC(=O)Nc3ccccc3C(F)(F)F)C(C)C)s2)cc1. The van der Waals surface area contributed by atoms with Gasteiger partial charge in [0.15, 0.2) is 0 Å². The van der Waals surface area contributed by atoms with Crippen LogP contribution in [-0.4, -0.2) is 35.3 Å². The third kappa shape index (κ3) is 6.22. The Labute approximate surface area is 197 Å². The van der Waals surface area contributed by atoms with Gasteiger partial charge in [-0.1, -0.05) is 37.3 Å². The minimum Gasteiger partial charge on any atom is -0.497 e. The molecule has 3 aromatic rings. The summed E-state index contributed by atoms with van der Waals surface area (Å²) in [5, 5.41) is 16.0. The van der Waals surface area contributed by atoms with E-state index in [9.17, 15) is 22.8 Å². The van der Waals surface area contributed by atoms with Crippen LogP contribution in [0.3, 0.4) is 0 Å². The van der Waals surface area contributed by atoms with Gasteiger partial charge in [-0.15, -0.1) is 10.2 Å². The number of hydrogen-bond acceptors (Lipinski definition) is 6. The normalized spacial score (nSPS) is 12.2. The minimum absolute atomic E-state index is 0.214. The molecule has 34 heavy (non-hydrogen) atoms. The molecule has 0 aliphatic heterocycles. The van der Waals surface area contributed by atoms with E-state index in [1.165, 1.54) is 12.1 Å². The van der Waals surface area contributed by atoms with Crippen LogP contribution in [0.2, 0.25) is 0 Å². The number of methoxy groups -OCH3 is 1. The first-order valence-electron chi connectivity index (χ1n) is 10.1. The van der Waals surface area contributed by atoms with Crippen molar-refractivity contribution in [2.45, 2.75) is 26.1 Å². The van der Waals surface area contributed by atoms with E-state index in [0.717, 1.165) is 29.0 Å². The maximum Gasteiger partial charge on any atom is 0.418 e. The number of carbonyl (C=O) groups excluding carboxylic acids is 2. The van der Waals surface area contributed by atoms with Gasteiger partial charge in [-0.2, -0.15) is 13.2 Å². The van der Waals surface area contributed by atoms with E-state index >= 15 is 0 Å². The van der Waals surface area contributed by atoms with Crippen LogP contribution in [0.15, 0.2) is 48.5 Å². The number of alkyl halides is 3. The van der Waals surface area contributed by atoms with Gasteiger partial charge < -0.3 is 15.4 Å². The first kappa shape index (κ1) is 25.0. The molecular weight excluding hydrogens is 471 g/mol. The molecule has 180 valence electrons. The summed E-state index contributed by atoms with van der Waals surface area (Å²) in [5.74, 6) is -0.256. The molecule has 0 aliphatic carbocycles. The summed E-state index contributed by atoms with van der Waals surface area (Å²) in [6.07, 6.45) is -4.64. The Morgan fingerprint density at radius 2 is 1.68 bits per heavy atom. The molecule has 1 atom stereocenters. The van der Waals surface area contributed by atoms with E-state index in [-0.39, 0.29) is 11.0 Å². The number of nitrogens with zero attached hydrogens (tertiary/aromatic N) is 2. The average molecular weight is 494 g/mol. The highest BCUT2D eigenvalue weighted by Crippen LogP contribution is 2.34. The zero-order valence-electron chi connectivity index (χ0n) is 18.4. The fourth-order valence-corrected chi connectivity index (χ4v) is 3.73. The molecule has 0 spiro atoms. The molecule has 0 bridgehead atoms. The zero-order chi connectivity index (χ0) is 24.9. The fraction of sp³-hybridized carbons (Fsp3) is 0.273. The van der Waals surface area contributed by atoms with Crippen molar-refractivity contribution in [3.8, 4) is 16.3 Å². The number of anilines is 2. The second kappa shape index (κ2) is 10.5. The summed E-state index contributed by atoms with van der Waals surface area (Å²) in [6, 6.07) is 9.73. The average Bonchev–Trinajstić information content (AvgIpc) is 3.25. The first-order chi connectivity index (χ1) is 16.1. The molecule has 3 N–H and O–H groups in total. The number of hydrogen-bond donors (Lipinski definition) is 3. The van der Waals surface area contributed by atoms with Crippen molar-refractivity contribution in [2.75, 3.05) is 17.7 Å². The lowest BCUT2D eigenvalue weighted by Gasteiger charge is -2.22. The number of rotatable bonds is 7. The van der Waals surface area contributed by atoms with E-state index in [1.54, 1.807) is 45.2 Å². The number of ether oxygens (including phenoxy) is 1. The van der Waals surface area contributed by atoms with Gasteiger partial charge >= 0.3 is 12.2 Å². The zero-order valence-corrected chi connectivity index (χ0v) is 19.3. The number of halogens is 3. The van der Waals surface area contributed by atoms with Gasteiger partial charge in [0.05, 0.1) is 18.4 Å². The van der Waals surface area contributed by atoms with Crippen LogP contribution in [0.4, 0.5) is 28.8 Å². The molecule has 0 fully saturated rings. The lowest BCUT2D eigenvalue weighted by atomic mass is 10.0. The van der Waals surface area contributed by atoms with Crippen LogP contribution < -0.4 is 20.7 Å². The second-order valence-electron chi connectivity index (χ2n) is 7.49. The highest BCUT2D eigenvalue weighted by molar-refractivity contribution is 7.18. The summed E-state index contributed by atoms with van der Waals surface area (Å²) >= 11 is 1.13. The van der Waals surface area contributed by atoms with Crippen LogP contribution >= 0.6 is 11.3 Å². The van der Waals surface area contributed by atoms with Gasteiger partial charge in [0.2, 0.25) is 11.0 Å². The monoisotopic (exact) mass is 493 g/mol. The Balaban J connectivity index is 1.67. The van der Waals surface area contributed by atoms with Gasteiger partial charge in [0.25, 0.3) is 0 Å². The van der Waals surface area contributed by atoms with Gasteiger partial charge in [0.1, 0.15) is 16.8 Å². The smallest absolute Gasteiger partial charge is 0.418 e. The molecule has 8 nitrogen and oxygen atoms in total. The molecular formula is C22H22F3N5O3S. The van der Waals surface area contributed by atoms with Crippen molar-refractivity contribution in [3.63, 3.8) is 0 Å². The van der Waals surface area contributed by atoms with Crippen LogP contribution in [0.1, 0.15) is 19.4 Å². The Bertz CT molecular complexity index is 1150. The predicted octanol–water partition coefficient (Wildman–Crippen LogP) is 5.02. The second-order valence-corrected chi connectivity index (χ2v) is 8.47. The van der Waals surface area contributed by atoms with Crippen LogP contribution in [-0.2, 0) is 11.0 Å². The summed E-state index contributed by atoms with van der Waals surface area (Å²) in [4.78, 5) is 25.2. The van der Waals surface area contributed by atoms with Gasteiger partial charge in [0, 0.05) is 5.56 Å². The van der Waals surface area contributed by atoms with Crippen LogP contribution in [0.25, 0.3) is 10.6 Å². The topological polar surface area (TPSA) is 105 Å². The van der Waals surface area contributed by atoms with Crippen molar-refractivity contribution in [1.29, 1.82) is 0 Å². The summed E-state index contributed by atoms with van der Waals surface area (Å²) in [5.41, 5.74) is -0.626. The minimum atomic E-state index is -4.64. The Hall–Kier alpha value is -3.67. The fourth-order valence-electron chi connectivity index (χ4n) is 2.98. The quantitative estimate of drug-likeness (QED) is 0.429. The number of nitrogens with one attached hydrogen (secondary N) is 3. The van der Waals surface area contributed by atoms with Crippen molar-refractivity contribution in [3.05, 3.63) is 54.1 Å². The number of benzene rings is 2. The molecule has 0 saturated carbocycles. The molecule has 0 radical (unpaired) electrons. The van der Waals surface area contributed by atoms with Gasteiger partial charge in [-0.3, -0.25) is 10.1 Å². The molecule has 1 heterocycles. The van der Waals surface area contributed by atoms with Crippen LogP contribution in [0.5, 0.6) is 5.75 Å². The summed E-state index contributed by atoms with van der Waals surface area (Å²) in [7, 11) is 1.56. The first-order valence-corrected chi connectivity index (χ1v) is 10.9. The Kier molecular flexibility index (Phi) is 7.72. The molecule has 2 aromatic carbocycles. The van der Waals surface area contributed by atoms with E-state index < -0.39 is 35.4 Å². The maximum absolute atomic E-state index is 13.2. The van der Waals surface area contributed by atoms with Crippen molar-refractivity contribution in [2.24, 2.45) is 5.92 Å². The van der Waals surface area contributed by atoms with E-state index in [2.05, 4.69) is 26.1 Å². The largest absolute Gasteiger partial charge is 0.497 e. The molecule has 1 aromatic heterocycles. The molecule has 3 rings (SSSR count). The Morgan fingerprint density at radius 3 is 2.29 bits per heavy atom. The number of amides is 3. The number of urea groups is 1. The highest BCUT2D eigenvalue weighted by Gasteiger charge is 2.34. The summed E-state index contributed by atoms with van der Waals surface area (Å²) < 4.78 is 44.6. The summed E-state index contributed by atoms with van der Waals surface area (Å²) in [6.45, 7) is 3.38. The van der Waals surface area contributed by atoms with E-state index in [1.807, 2.05) is 0 Å². The van der Waals surface area contributed by atoms with E-state index in [0.29, 0.717) is 10.8 Å². The van der Waals surface area contributed by atoms with Crippen LogP contribution in [0, 0.1) is 5.92 Å². The third-order valence-electron chi connectivity index (χ3n) is 4.71. The van der Waals surface area contributed by atoms with Crippen molar-refractivity contribution < 1.29 is 27.5 Å². The molecule has 3 amide bonds. The third-order valence-corrected chi connectivity index (χ3v) is 5.60. The van der Waals surface area contributed by atoms with Gasteiger partial charge in [-0.05, 0) is 42.3 Å². The highest BCUT2D eigenvalue weighted by atomic mass is 32.1. The Morgan fingerprint density at radius 1 is 1.00 bits per heavy atom. The number of para-hydroxylation sites is 1. The van der Waals surface area contributed by atoms with E-state index in [4.69, 9.17) is 4.74 Å². The van der Waals surface area contributed by atoms with Crippen molar-refractivity contribution >= 4 is 34.1 Å². The lowest BCUT2D eigenvalue weighted by Crippen LogP contribution is -2.48. The molecule has 0 saturated heterocycles. The lowest BCUT2D eigenvalue weighted by molar-refractivity contribution is -0.137. The maximum atomic E-state index is 13.2. The molecule has 12 heteroatoms. The van der Waals surface area contributed by atoms with Crippen molar-refractivity contribution in [1.82, 2.24) is 15.5 Å². The standard InChI is InChI=1S/C22H22F3N5O3S/c1-12(2)17(27-20(32)26-16-7-5-4-6-15(16)22(23,24)25)18(31)28-21-30-29-19(34-21)13-8-10-14(33-3)11-9-13/h4-12,17H,1-3H3,(H2,26,27,32)(H,28,30,31). The molecule has 0 aliphatic rings. The number of carbonyl (C=O) groups is 2.